The fraction of sp³-hybridized carbons (Fsp3) is 0.211. The van der Waals surface area contributed by atoms with Crippen molar-refractivity contribution in [2.75, 3.05) is 0 Å². The van der Waals surface area contributed by atoms with Crippen LogP contribution in [0, 0.1) is 6.92 Å². The van der Waals surface area contributed by atoms with Crippen LogP contribution < -0.4 is 4.72 Å². The van der Waals surface area contributed by atoms with Crippen molar-refractivity contribution >= 4 is 27.3 Å². The minimum atomic E-state index is -4.73. The van der Waals surface area contributed by atoms with Crippen LogP contribution >= 0.6 is 11.3 Å². The first kappa shape index (κ1) is 21.5. The number of thiophene rings is 1. The molecule has 4 rings (SSSR count). The van der Waals surface area contributed by atoms with Crippen LogP contribution in [-0.4, -0.2) is 30.2 Å². The molecule has 1 radical (unpaired) electrons. The zero-order chi connectivity index (χ0) is 22.7. The van der Waals surface area contributed by atoms with E-state index in [2.05, 4.69) is 21.3 Å². The maximum Gasteiger partial charge on any atom is 0.452 e. The van der Waals surface area contributed by atoms with E-state index in [0.29, 0.717) is 23.0 Å². The summed E-state index contributed by atoms with van der Waals surface area (Å²) in [4.78, 5) is 12.1. The van der Waals surface area contributed by atoms with Crippen molar-refractivity contribution < 1.29 is 36.0 Å². The molecule has 2 aromatic heterocycles. The molecule has 1 fully saturated rings. The number of alkyl halides is 3. The molecule has 1 saturated carbocycles. The number of benzene rings is 1. The molecule has 0 amide bonds. The Morgan fingerprint density at radius 3 is 2.48 bits per heavy atom. The van der Waals surface area contributed by atoms with Gasteiger partial charge in [0.25, 0.3) is 10.0 Å². The van der Waals surface area contributed by atoms with Crippen molar-refractivity contribution in [1.29, 1.82) is 0 Å². The number of carboxylic acids is 1. The number of aromatic nitrogens is 1. The molecule has 1 aliphatic carbocycles. The third-order valence-electron chi connectivity index (χ3n) is 5.15. The summed E-state index contributed by atoms with van der Waals surface area (Å²) in [6, 6.07) is 11.5. The Hall–Kier alpha value is -2.70. The quantitative estimate of drug-likeness (QED) is 0.568. The third kappa shape index (κ3) is 3.54. The van der Waals surface area contributed by atoms with Gasteiger partial charge in [-0.1, -0.05) is 35.5 Å². The molecule has 1 aliphatic rings. The van der Waals surface area contributed by atoms with Gasteiger partial charge in [-0.15, -0.1) is 11.3 Å². The lowest BCUT2D eigenvalue weighted by molar-refractivity contribution is -0.155. The fourth-order valence-corrected chi connectivity index (χ4v) is 6.06. The molecule has 163 valence electrons. The van der Waals surface area contributed by atoms with Crippen LogP contribution in [0.25, 0.3) is 10.6 Å². The van der Waals surface area contributed by atoms with Crippen LogP contribution in [-0.2, 0) is 26.4 Å². The second kappa shape index (κ2) is 6.90. The fourth-order valence-electron chi connectivity index (χ4n) is 3.38. The molecule has 3 aromatic rings. The molecular formula is C19H14F3N2O5S2. The Balaban J connectivity index is 1.63. The first-order chi connectivity index (χ1) is 14.4. The summed E-state index contributed by atoms with van der Waals surface area (Å²) in [7, 11) is -4.32. The Morgan fingerprint density at radius 2 is 1.90 bits per heavy atom. The minimum Gasteiger partial charge on any atom is -0.480 e. The lowest BCUT2D eigenvalue weighted by Crippen LogP contribution is -2.48. The summed E-state index contributed by atoms with van der Waals surface area (Å²) in [5, 5.41) is 13.1. The summed E-state index contributed by atoms with van der Waals surface area (Å²) < 4.78 is 70.1. The lowest BCUT2D eigenvalue weighted by atomic mass is 9.93. The van der Waals surface area contributed by atoms with Crippen LogP contribution in [0.4, 0.5) is 13.2 Å². The van der Waals surface area contributed by atoms with E-state index in [4.69, 9.17) is 0 Å². The Bertz CT molecular complexity index is 1250. The molecule has 2 atom stereocenters. The van der Waals surface area contributed by atoms with Gasteiger partial charge in [-0.3, -0.25) is 4.79 Å². The molecule has 2 N–H and O–H groups in total. The lowest BCUT2D eigenvalue weighted by Gasteiger charge is -2.20. The molecule has 7 nitrogen and oxygen atoms in total. The first-order valence-corrected chi connectivity index (χ1v) is 11.0. The molecule has 1 aromatic carbocycles. The second-order valence-corrected chi connectivity index (χ2v) is 10.1. The highest BCUT2D eigenvalue weighted by Crippen LogP contribution is 2.58. The van der Waals surface area contributed by atoms with Gasteiger partial charge in [-0.25, -0.2) is 8.42 Å². The molecule has 12 heteroatoms. The highest BCUT2D eigenvalue weighted by atomic mass is 32.2. The molecule has 2 unspecified atom stereocenters. The molecule has 0 spiro atoms. The number of sulfonamides is 1. The summed E-state index contributed by atoms with van der Waals surface area (Å²) in [5.41, 5.74) is -2.68. The van der Waals surface area contributed by atoms with E-state index in [0.717, 1.165) is 6.07 Å². The van der Waals surface area contributed by atoms with E-state index < -0.39 is 38.9 Å². The van der Waals surface area contributed by atoms with E-state index in [1.165, 1.54) is 6.07 Å². The predicted octanol–water partition coefficient (Wildman–Crippen LogP) is 3.70. The maximum atomic E-state index is 12.9. The Kier molecular flexibility index (Phi) is 4.79. The van der Waals surface area contributed by atoms with Crippen LogP contribution in [0.3, 0.4) is 0 Å². The Labute approximate surface area is 178 Å². The number of nitrogens with one attached hydrogen (secondary N) is 1. The molecular weight excluding hydrogens is 457 g/mol. The van der Waals surface area contributed by atoms with Gasteiger partial charge in [0.15, 0.2) is 0 Å². The number of rotatable bonds is 6. The van der Waals surface area contributed by atoms with Crippen molar-refractivity contribution in [3.63, 3.8) is 0 Å². The Morgan fingerprint density at radius 1 is 1.23 bits per heavy atom. The first-order valence-electron chi connectivity index (χ1n) is 8.71. The van der Waals surface area contributed by atoms with E-state index in [1.54, 1.807) is 30.3 Å². The number of nitrogens with zero attached hydrogens (tertiary/aromatic N) is 1. The molecule has 0 aliphatic heterocycles. The van der Waals surface area contributed by atoms with Gasteiger partial charge in [-0.05, 0) is 31.0 Å². The number of carbonyl (C=O) groups is 1. The largest absolute Gasteiger partial charge is 0.480 e. The smallest absolute Gasteiger partial charge is 0.452 e. The second-order valence-electron chi connectivity index (χ2n) is 7.13. The van der Waals surface area contributed by atoms with Gasteiger partial charge >= 0.3 is 12.1 Å². The van der Waals surface area contributed by atoms with E-state index >= 15 is 0 Å². The van der Waals surface area contributed by atoms with Crippen molar-refractivity contribution in [1.82, 2.24) is 9.88 Å². The predicted molar refractivity (Wildman–Crippen MR) is 104 cm³/mol. The number of hydrogen-bond donors (Lipinski definition) is 2. The normalized spacial score (nSPS) is 23.6. The highest BCUT2D eigenvalue weighted by molar-refractivity contribution is 7.91. The summed E-state index contributed by atoms with van der Waals surface area (Å²) in [6.07, 6.45) is -4.79. The maximum absolute atomic E-state index is 12.9. The van der Waals surface area contributed by atoms with Gasteiger partial charge < -0.3 is 9.63 Å². The number of halogens is 3. The number of carboxylic acid groups (broad SMARTS) is 1. The van der Waals surface area contributed by atoms with Gasteiger partial charge in [0.05, 0.1) is 4.88 Å². The zero-order valence-electron chi connectivity index (χ0n) is 15.5. The van der Waals surface area contributed by atoms with E-state index in [9.17, 15) is 31.5 Å². The summed E-state index contributed by atoms with van der Waals surface area (Å²) in [5.74, 6) is -2.69. The van der Waals surface area contributed by atoms with Crippen LogP contribution in [0.2, 0.25) is 0 Å². The standard InChI is InChI=1S/C19H14F3N2O5S2/c1-17(11-5-3-2-4-6-11)10-18(17,16(25)26)24-31(27,28)15-8-7-13(30-15)12-9-14(29-23-12)19(20,21)22/h2-9,24H,1,10H2,(H,25,26). The average molecular weight is 471 g/mol. The molecule has 2 heterocycles. The van der Waals surface area contributed by atoms with Crippen LogP contribution in [0.1, 0.15) is 17.7 Å². The van der Waals surface area contributed by atoms with Crippen LogP contribution in [0.15, 0.2) is 57.3 Å². The molecule has 31 heavy (non-hydrogen) atoms. The SMILES string of the molecule is [CH2]C1(c2ccccc2)CC1(NS(=O)(=O)c1ccc(-c2cc(C(F)(F)F)on2)s1)C(=O)O. The van der Waals surface area contributed by atoms with Crippen LogP contribution in [0.5, 0.6) is 0 Å². The average Bonchev–Trinajstić information content (AvgIpc) is 3.12. The number of aliphatic carboxylic acids is 1. The van der Waals surface area contributed by atoms with Crippen molar-refractivity contribution in [3.8, 4) is 10.6 Å². The van der Waals surface area contributed by atoms with Gasteiger partial charge in [-0.2, -0.15) is 17.9 Å². The van der Waals surface area contributed by atoms with E-state index in [-0.39, 0.29) is 21.2 Å². The molecule has 0 bridgehead atoms. The molecule has 0 saturated heterocycles. The van der Waals surface area contributed by atoms with Crippen molar-refractivity contribution in [3.05, 3.63) is 66.8 Å². The zero-order valence-corrected chi connectivity index (χ0v) is 17.1. The van der Waals surface area contributed by atoms with Crippen molar-refractivity contribution in [2.24, 2.45) is 0 Å². The summed E-state index contributed by atoms with van der Waals surface area (Å²) >= 11 is 0.639. The monoisotopic (exact) mass is 471 g/mol. The van der Waals surface area contributed by atoms with Gasteiger partial charge in [0, 0.05) is 11.5 Å². The topological polar surface area (TPSA) is 110 Å². The highest BCUT2D eigenvalue weighted by Gasteiger charge is 2.72. The van der Waals surface area contributed by atoms with Crippen molar-refractivity contribution in [2.45, 2.75) is 27.8 Å². The van der Waals surface area contributed by atoms with Gasteiger partial charge in [0.1, 0.15) is 15.4 Å². The summed E-state index contributed by atoms with van der Waals surface area (Å²) in [6.45, 7) is 3.95. The minimum absolute atomic E-state index is 0.0605. The van der Waals surface area contributed by atoms with Gasteiger partial charge in [0.2, 0.25) is 5.76 Å². The number of hydrogen-bond acceptors (Lipinski definition) is 6. The third-order valence-corrected chi connectivity index (χ3v) is 8.24. The van der Waals surface area contributed by atoms with E-state index in [1.807, 2.05) is 0 Å².